The molecule has 0 spiro atoms. The van der Waals surface area contributed by atoms with Gasteiger partial charge >= 0.3 is 5.97 Å². The number of halogens is 3. The Morgan fingerprint density at radius 1 is 1.38 bits per heavy atom. The van der Waals surface area contributed by atoms with Crippen LogP contribution in [0.25, 0.3) is 0 Å². The van der Waals surface area contributed by atoms with Crippen molar-refractivity contribution in [3.05, 3.63) is 34.3 Å². The van der Waals surface area contributed by atoms with Crippen molar-refractivity contribution in [2.24, 2.45) is 0 Å². The third-order valence-corrected chi connectivity index (χ3v) is 3.40. The van der Waals surface area contributed by atoms with Gasteiger partial charge < -0.3 is 5.11 Å². The molecule has 1 N–H and O–H groups in total. The maximum atomic E-state index is 12.9. The highest BCUT2D eigenvalue weighted by Gasteiger charge is 2.62. The van der Waals surface area contributed by atoms with Gasteiger partial charge in [0.15, 0.2) is 0 Å². The molecule has 1 aliphatic rings. The van der Waals surface area contributed by atoms with Crippen molar-refractivity contribution in [3.63, 3.8) is 0 Å². The highest BCUT2D eigenvalue weighted by Crippen LogP contribution is 2.53. The summed E-state index contributed by atoms with van der Waals surface area (Å²) in [6.07, 6.45) is -1.24. The standard InChI is InChI=1S/C11H9BrF2O2/c12-8-3-1-2-7(4-8)10(9(15)16)5-11(13,14)6-10/h1-4H,5-6H2,(H,15,16). The van der Waals surface area contributed by atoms with Crippen LogP contribution in [-0.2, 0) is 10.2 Å². The summed E-state index contributed by atoms with van der Waals surface area (Å²) in [7, 11) is 0. The van der Waals surface area contributed by atoms with Crippen molar-refractivity contribution in [1.82, 2.24) is 0 Å². The molecule has 1 aromatic rings. The fraction of sp³-hybridized carbons (Fsp3) is 0.364. The number of carbonyl (C=O) groups is 1. The fourth-order valence-corrected chi connectivity index (χ4v) is 2.50. The molecular weight excluding hydrogens is 282 g/mol. The predicted octanol–water partition coefficient (Wildman–Crippen LogP) is 3.20. The fourth-order valence-electron chi connectivity index (χ4n) is 2.10. The zero-order valence-corrected chi connectivity index (χ0v) is 9.80. The molecule has 0 bridgehead atoms. The lowest BCUT2D eigenvalue weighted by Gasteiger charge is -2.44. The van der Waals surface area contributed by atoms with Gasteiger partial charge in [-0.2, -0.15) is 0 Å². The Balaban J connectivity index is 2.40. The van der Waals surface area contributed by atoms with Crippen LogP contribution in [0, 0.1) is 0 Å². The van der Waals surface area contributed by atoms with Crippen LogP contribution in [0.4, 0.5) is 8.78 Å². The van der Waals surface area contributed by atoms with E-state index in [1.54, 1.807) is 24.3 Å². The van der Waals surface area contributed by atoms with Crippen molar-refractivity contribution >= 4 is 21.9 Å². The average Bonchev–Trinajstić information content (AvgIpc) is 2.13. The highest BCUT2D eigenvalue weighted by molar-refractivity contribution is 9.10. The maximum absolute atomic E-state index is 12.9. The van der Waals surface area contributed by atoms with Crippen LogP contribution in [0.5, 0.6) is 0 Å². The number of rotatable bonds is 2. The lowest BCUT2D eigenvalue weighted by Crippen LogP contribution is -2.54. The van der Waals surface area contributed by atoms with Gasteiger partial charge in [-0.3, -0.25) is 4.79 Å². The first-order valence-corrected chi connectivity index (χ1v) is 5.52. The van der Waals surface area contributed by atoms with Crippen LogP contribution in [0.3, 0.4) is 0 Å². The Labute approximate surface area is 99.4 Å². The molecule has 0 unspecified atom stereocenters. The number of carboxylic acid groups (broad SMARTS) is 1. The van der Waals surface area contributed by atoms with E-state index in [1.807, 2.05) is 0 Å². The molecule has 1 aliphatic carbocycles. The monoisotopic (exact) mass is 290 g/mol. The van der Waals surface area contributed by atoms with Crippen molar-refractivity contribution in [2.45, 2.75) is 24.2 Å². The minimum atomic E-state index is -2.86. The molecule has 1 saturated carbocycles. The molecule has 0 saturated heterocycles. The second-order valence-electron chi connectivity index (χ2n) is 4.11. The van der Waals surface area contributed by atoms with E-state index in [0.29, 0.717) is 10.0 Å². The number of hydrogen-bond donors (Lipinski definition) is 1. The van der Waals surface area contributed by atoms with Crippen LogP contribution in [0.2, 0.25) is 0 Å². The van der Waals surface area contributed by atoms with Crippen LogP contribution >= 0.6 is 15.9 Å². The number of aliphatic carboxylic acids is 1. The van der Waals surface area contributed by atoms with Gasteiger partial charge in [-0.15, -0.1) is 0 Å². The van der Waals surface area contributed by atoms with Crippen molar-refractivity contribution in [1.29, 1.82) is 0 Å². The Bertz CT molecular complexity index is 437. The van der Waals surface area contributed by atoms with Crippen molar-refractivity contribution < 1.29 is 18.7 Å². The van der Waals surface area contributed by atoms with Gasteiger partial charge in [0.2, 0.25) is 0 Å². The lowest BCUT2D eigenvalue weighted by atomic mass is 9.62. The molecule has 5 heteroatoms. The van der Waals surface area contributed by atoms with Gasteiger partial charge in [-0.05, 0) is 17.7 Å². The minimum absolute atomic E-state index is 0.431. The third kappa shape index (κ3) is 1.73. The molecule has 0 heterocycles. The molecule has 0 aliphatic heterocycles. The normalized spacial score (nSPS) is 21.2. The summed E-state index contributed by atoms with van der Waals surface area (Å²) >= 11 is 3.21. The van der Waals surface area contributed by atoms with E-state index < -0.39 is 30.1 Å². The molecule has 0 amide bonds. The summed E-state index contributed by atoms with van der Waals surface area (Å²) in [5.74, 6) is -4.04. The summed E-state index contributed by atoms with van der Waals surface area (Å²) in [5, 5.41) is 9.11. The summed E-state index contributed by atoms with van der Waals surface area (Å²) in [5.41, 5.74) is -0.993. The van der Waals surface area contributed by atoms with Crippen molar-refractivity contribution in [3.8, 4) is 0 Å². The van der Waals surface area contributed by atoms with Gasteiger partial charge in [0.1, 0.15) is 5.41 Å². The summed E-state index contributed by atoms with van der Waals surface area (Å²) < 4.78 is 26.5. The van der Waals surface area contributed by atoms with Gasteiger partial charge in [-0.25, -0.2) is 8.78 Å². The van der Waals surface area contributed by atoms with Crippen LogP contribution in [0.15, 0.2) is 28.7 Å². The third-order valence-electron chi connectivity index (χ3n) is 2.91. The van der Waals surface area contributed by atoms with E-state index in [9.17, 15) is 13.6 Å². The van der Waals surface area contributed by atoms with E-state index in [2.05, 4.69) is 15.9 Å². The highest BCUT2D eigenvalue weighted by atomic mass is 79.9. The maximum Gasteiger partial charge on any atom is 0.314 e. The topological polar surface area (TPSA) is 37.3 Å². The molecule has 2 nitrogen and oxygen atoms in total. The molecule has 86 valence electrons. The average molecular weight is 291 g/mol. The molecular formula is C11H9BrF2O2. The van der Waals surface area contributed by atoms with Gasteiger partial charge in [0, 0.05) is 17.3 Å². The zero-order chi connectivity index (χ0) is 12.0. The quantitative estimate of drug-likeness (QED) is 0.908. The van der Waals surface area contributed by atoms with E-state index in [-0.39, 0.29) is 0 Å². The van der Waals surface area contributed by atoms with Crippen LogP contribution < -0.4 is 0 Å². The zero-order valence-electron chi connectivity index (χ0n) is 8.21. The van der Waals surface area contributed by atoms with E-state index in [1.165, 1.54) is 0 Å². The van der Waals surface area contributed by atoms with Gasteiger partial charge in [0.25, 0.3) is 5.92 Å². The van der Waals surface area contributed by atoms with E-state index >= 15 is 0 Å². The van der Waals surface area contributed by atoms with Crippen molar-refractivity contribution in [2.75, 3.05) is 0 Å². The Morgan fingerprint density at radius 2 is 2.00 bits per heavy atom. The Hall–Kier alpha value is -0.970. The molecule has 0 radical (unpaired) electrons. The first-order chi connectivity index (χ1) is 7.36. The Morgan fingerprint density at radius 3 is 2.44 bits per heavy atom. The summed E-state index contributed by atoms with van der Waals surface area (Å²) in [6, 6.07) is 6.55. The summed E-state index contributed by atoms with van der Waals surface area (Å²) in [4.78, 5) is 11.2. The summed E-state index contributed by atoms with van der Waals surface area (Å²) in [6.45, 7) is 0. The molecule has 0 aromatic heterocycles. The Kier molecular flexibility index (Phi) is 2.53. The van der Waals surface area contributed by atoms with Crippen LogP contribution in [-0.4, -0.2) is 17.0 Å². The number of alkyl halides is 2. The molecule has 1 aromatic carbocycles. The lowest BCUT2D eigenvalue weighted by molar-refractivity contribution is -0.174. The van der Waals surface area contributed by atoms with E-state index in [4.69, 9.17) is 5.11 Å². The number of benzene rings is 1. The van der Waals surface area contributed by atoms with Gasteiger partial charge in [-0.1, -0.05) is 28.1 Å². The second kappa shape index (κ2) is 3.52. The molecule has 1 fully saturated rings. The number of hydrogen-bond acceptors (Lipinski definition) is 1. The first kappa shape index (κ1) is 11.5. The second-order valence-corrected chi connectivity index (χ2v) is 5.02. The first-order valence-electron chi connectivity index (χ1n) is 4.73. The molecule has 2 rings (SSSR count). The SMILES string of the molecule is O=C(O)C1(c2cccc(Br)c2)CC(F)(F)C1. The minimum Gasteiger partial charge on any atom is -0.481 e. The predicted molar refractivity (Wildman–Crippen MR) is 57.6 cm³/mol. The van der Waals surface area contributed by atoms with Crippen LogP contribution in [0.1, 0.15) is 18.4 Å². The smallest absolute Gasteiger partial charge is 0.314 e. The largest absolute Gasteiger partial charge is 0.481 e. The number of carboxylic acids is 1. The van der Waals surface area contributed by atoms with E-state index in [0.717, 1.165) is 0 Å². The molecule has 0 atom stereocenters. The van der Waals surface area contributed by atoms with Gasteiger partial charge in [0.05, 0.1) is 0 Å². The molecule has 16 heavy (non-hydrogen) atoms.